The molecular formula is C12H14N6O3. The summed E-state index contributed by atoms with van der Waals surface area (Å²) >= 11 is 0. The van der Waals surface area contributed by atoms with Crippen molar-refractivity contribution in [3.8, 4) is 0 Å². The van der Waals surface area contributed by atoms with Gasteiger partial charge in [0.25, 0.3) is 11.6 Å². The van der Waals surface area contributed by atoms with Gasteiger partial charge in [-0.15, -0.1) is 0 Å². The number of aromatic nitrogens is 3. The van der Waals surface area contributed by atoms with Gasteiger partial charge >= 0.3 is 0 Å². The van der Waals surface area contributed by atoms with E-state index >= 15 is 0 Å². The molecule has 0 saturated heterocycles. The molecule has 9 heteroatoms. The smallest absolute Gasteiger partial charge is 0.292 e. The maximum absolute atomic E-state index is 12.2. The number of hydrogen-bond donors (Lipinski definition) is 2. The zero-order valence-corrected chi connectivity index (χ0v) is 11.5. The second-order valence-corrected chi connectivity index (χ2v) is 4.53. The van der Waals surface area contributed by atoms with Gasteiger partial charge in [-0.25, -0.2) is 4.98 Å². The van der Waals surface area contributed by atoms with Crippen molar-refractivity contribution in [2.45, 2.75) is 13.5 Å². The summed E-state index contributed by atoms with van der Waals surface area (Å²) in [6.45, 7) is 1.95. The van der Waals surface area contributed by atoms with Gasteiger partial charge in [-0.3, -0.25) is 20.0 Å². The molecule has 2 rings (SSSR count). The Morgan fingerprint density at radius 3 is 2.81 bits per heavy atom. The Balaban J connectivity index is 2.19. The molecule has 110 valence electrons. The number of nitro benzene ring substituents is 1. The van der Waals surface area contributed by atoms with Crippen molar-refractivity contribution in [3.63, 3.8) is 0 Å². The van der Waals surface area contributed by atoms with Gasteiger partial charge in [0, 0.05) is 18.7 Å². The molecule has 2 aromatic rings. The second-order valence-electron chi connectivity index (χ2n) is 4.53. The van der Waals surface area contributed by atoms with Crippen LogP contribution in [0.15, 0.2) is 18.2 Å². The lowest BCUT2D eigenvalue weighted by Crippen LogP contribution is -2.26. The molecule has 1 aromatic carbocycles. The predicted octanol–water partition coefficient (Wildman–Crippen LogP) is 0.876. The number of nitrogens with one attached hydrogen (secondary N) is 1. The fourth-order valence-electron chi connectivity index (χ4n) is 1.80. The van der Waals surface area contributed by atoms with Crippen LogP contribution in [-0.4, -0.2) is 38.0 Å². The first kappa shape index (κ1) is 14.4. The topological polar surface area (TPSA) is 131 Å². The number of anilines is 1. The summed E-state index contributed by atoms with van der Waals surface area (Å²) in [5.74, 6) is 0.739. The van der Waals surface area contributed by atoms with Crippen LogP contribution in [0, 0.1) is 17.0 Å². The van der Waals surface area contributed by atoms with Crippen molar-refractivity contribution in [1.29, 1.82) is 0 Å². The zero-order chi connectivity index (χ0) is 15.6. The molecule has 0 aliphatic heterocycles. The molecule has 0 bridgehead atoms. The van der Waals surface area contributed by atoms with Gasteiger partial charge in [-0.1, -0.05) is 0 Å². The van der Waals surface area contributed by atoms with Crippen molar-refractivity contribution in [2.24, 2.45) is 0 Å². The van der Waals surface area contributed by atoms with Crippen molar-refractivity contribution in [2.75, 3.05) is 12.8 Å². The van der Waals surface area contributed by atoms with Gasteiger partial charge in [-0.05, 0) is 19.1 Å². The molecule has 0 aliphatic rings. The van der Waals surface area contributed by atoms with E-state index in [0.717, 1.165) is 6.07 Å². The van der Waals surface area contributed by atoms with Crippen molar-refractivity contribution in [3.05, 3.63) is 45.5 Å². The van der Waals surface area contributed by atoms with Crippen molar-refractivity contribution >= 4 is 17.3 Å². The minimum Gasteiger partial charge on any atom is -0.393 e. The van der Waals surface area contributed by atoms with Crippen LogP contribution in [-0.2, 0) is 6.54 Å². The van der Waals surface area contributed by atoms with Gasteiger partial charge in [0.05, 0.1) is 11.5 Å². The highest BCUT2D eigenvalue weighted by Crippen LogP contribution is 2.23. The molecule has 0 saturated carbocycles. The summed E-state index contributed by atoms with van der Waals surface area (Å²) < 4.78 is 0. The Morgan fingerprint density at radius 2 is 2.24 bits per heavy atom. The van der Waals surface area contributed by atoms with Crippen molar-refractivity contribution in [1.82, 2.24) is 20.1 Å². The quantitative estimate of drug-likeness (QED) is 0.488. The molecule has 0 fully saturated rings. The summed E-state index contributed by atoms with van der Waals surface area (Å²) in [6, 6.07) is 3.96. The standard InChI is InChI=1S/C12H14N6O3/c1-7-14-11(16-15-7)6-17(2)12(19)8-3-4-9(13)10(5-8)18(20)21/h3-5H,6,13H2,1-2H3,(H,14,15,16). The van der Waals surface area contributed by atoms with Crippen LogP contribution in [0.3, 0.4) is 0 Å². The molecule has 1 aromatic heterocycles. The molecule has 0 radical (unpaired) electrons. The lowest BCUT2D eigenvalue weighted by atomic mass is 10.1. The van der Waals surface area contributed by atoms with E-state index < -0.39 is 4.92 Å². The van der Waals surface area contributed by atoms with Crippen LogP contribution in [0.4, 0.5) is 11.4 Å². The number of aromatic amines is 1. The Hall–Kier alpha value is -2.97. The van der Waals surface area contributed by atoms with Crippen LogP contribution < -0.4 is 5.73 Å². The number of aryl methyl sites for hydroxylation is 1. The summed E-state index contributed by atoms with van der Waals surface area (Å²) in [6.07, 6.45) is 0. The summed E-state index contributed by atoms with van der Waals surface area (Å²) in [5.41, 5.74) is 5.42. The normalized spacial score (nSPS) is 10.4. The van der Waals surface area contributed by atoms with E-state index in [1.54, 1.807) is 14.0 Å². The number of nitrogens with two attached hydrogens (primary N) is 1. The first-order valence-corrected chi connectivity index (χ1v) is 6.05. The number of hydrogen-bond acceptors (Lipinski definition) is 6. The molecule has 0 spiro atoms. The molecule has 9 nitrogen and oxygen atoms in total. The lowest BCUT2D eigenvalue weighted by Gasteiger charge is -2.15. The van der Waals surface area contributed by atoms with Crippen LogP contribution in [0.5, 0.6) is 0 Å². The highest BCUT2D eigenvalue weighted by Gasteiger charge is 2.19. The number of H-pyrrole nitrogens is 1. The van der Waals surface area contributed by atoms with Gasteiger partial charge in [-0.2, -0.15) is 5.10 Å². The first-order chi connectivity index (χ1) is 9.88. The van der Waals surface area contributed by atoms with Gasteiger partial charge in [0.2, 0.25) is 0 Å². The highest BCUT2D eigenvalue weighted by atomic mass is 16.6. The van der Waals surface area contributed by atoms with Crippen molar-refractivity contribution < 1.29 is 9.72 Å². The van der Waals surface area contributed by atoms with Gasteiger partial charge in [0.1, 0.15) is 11.5 Å². The third kappa shape index (κ3) is 3.14. The number of nitrogen functional groups attached to an aromatic ring is 1. The molecule has 1 amide bonds. The van der Waals surface area contributed by atoms with E-state index in [0.29, 0.717) is 11.6 Å². The number of carbonyl (C=O) groups is 1. The average molecular weight is 290 g/mol. The molecule has 1 heterocycles. The molecule has 21 heavy (non-hydrogen) atoms. The second kappa shape index (κ2) is 5.57. The number of nitro groups is 1. The molecular weight excluding hydrogens is 276 g/mol. The number of rotatable bonds is 4. The Kier molecular flexibility index (Phi) is 3.83. The Morgan fingerprint density at radius 1 is 1.52 bits per heavy atom. The van der Waals surface area contributed by atoms with Crippen LogP contribution in [0.2, 0.25) is 0 Å². The van der Waals surface area contributed by atoms with Crippen LogP contribution in [0.25, 0.3) is 0 Å². The molecule has 3 N–H and O–H groups in total. The van der Waals surface area contributed by atoms with E-state index in [4.69, 9.17) is 5.73 Å². The van der Waals surface area contributed by atoms with Crippen LogP contribution in [0.1, 0.15) is 22.0 Å². The summed E-state index contributed by atoms with van der Waals surface area (Å²) in [7, 11) is 1.57. The van der Waals surface area contributed by atoms with Gasteiger partial charge < -0.3 is 10.6 Å². The molecule has 0 atom stereocenters. The zero-order valence-electron chi connectivity index (χ0n) is 11.5. The number of amides is 1. The van der Waals surface area contributed by atoms with E-state index in [1.807, 2.05) is 0 Å². The molecule has 0 unspecified atom stereocenters. The fraction of sp³-hybridized carbons (Fsp3) is 0.250. The summed E-state index contributed by atoms with van der Waals surface area (Å²) in [5, 5.41) is 17.4. The minimum atomic E-state index is -0.620. The average Bonchev–Trinajstić information content (AvgIpc) is 2.83. The van der Waals surface area contributed by atoms with Gasteiger partial charge in [0.15, 0.2) is 5.82 Å². The number of carbonyl (C=O) groups excluding carboxylic acids is 1. The van der Waals surface area contributed by atoms with E-state index in [2.05, 4.69) is 15.2 Å². The summed E-state index contributed by atoms with van der Waals surface area (Å²) in [4.78, 5) is 27.9. The maximum atomic E-state index is 12.2. The largest absolute Gasteiger partial charge is 0.393 e. The third-order valence-corrected chi connectivity index (χ3v) is 2.84. The fourth-order valence-corrected chi connectivity index (χ4v) is 1.80. The monoisotopic (exact) mass is 290 g/mol. The third-order valence-electron chi connectivity index (χ3n) is 2.84. The first-order valence-electron chi connectivity index (χ1n) is 6.05. The number of nitrogens with zero attached hydrogens (tertiary/aromatic N) is 4. The van der Waals surface area contributed by atoms with E-state index in [1.165, 1.54) is 17.0 Å². The van der Waals surface area contributed by atoms with E-state index in [-0.39, 0.29) is 29.4 Å². The SMILES string of the molecule is Cc1nc(CN(C)C(=O)c2ccc(N)c([N+](=O)[O-])c2)n[nH]1. The minimum absolute atomic E-state index is 0.0174. The Bertz CT molecular complexity index is 696. The number of benzene rings is 1. The van der Waals surface area contributed by atoms with Crippen LogP contribution >= 0.6 is 0 Å². The molecule has 0 aliphatic carbocycles. The lowest BCUT2D eigenvalue weighted by molar-refractivity contribution is -0.383. The Labute approximate surface area is 119 Å². The van der Waals surface area contributed by atoms with E-state index in [9.17, 15) is 14.9 Å². The highest BCUT2D eigenvalue weighted by molar-refractivity contribution is 5.95. The maximum Gasteiger partial charge on any atom is 0.292 e. The predicted molar refractivity (Wildman–Crippen MR) is 74.4 cm³/mol.